The number of hydrogen-bond acceptors (Lipinski definition) is 5. The Balaban J connectivity index is 2.15. The predicted molar refractivity (Wildman–Crippen MR) is 70.4 cm³/mol. The van der Waals surface area contributed by atoms with Crippen LogP contribution >= 0.6 is 0 Å². The summed E-state index contributed by atoms with van der Waals surface area (Å²) in [5.41, 5.74) is 1.10. The second-order valence-electron chi connectivity index (χ2n) is 4.31. The van der Waals surface area contributed by atoms with Crippen molar-refractivity contribution >= 4 is 5.97 Å². The standard InChI is InChI=1S/C14H19NO4/c1-3-17-13-8-10(9-15-2)4-5-11(13)19-12-6-7-18-14(12)16/h4-5,8,12,15H,3,6-7,9H2,1-2H3. The van der Waals surface area contributed by atoms with Gasteiger partial charge in [0.1, 0.15) is 0 Å². The molecular formula is C14H19NO4. The summed E-state index contributed by atoms with van der Waals surface area (Å²) < 4.78 is 16.1. The van der Waals surface area contributed by atoms with E-state index in [9.17, 15) is 4.79 Å². The van der Waals surface area contributed by atoms with Gasteiger partial charge >= 0.3 is 5.97 Å². The molecule has 1 fully saturated rings. The maximum absolute atomic E-state index is 11.4. The van der Waals surface area contributed by atoms with Gasteiger partial charge in [0.15, 0.2) is 17.6 Å². The van der Waals surface area contributed by atoms with Crippen molar-refractivity contribution in [3.05, 3.63) is 23.8 Å². The highest BCUT2D eigenvalue weighted by atomic mass is 16.6. The fourth-order valence-corrected chi connectivity index (χ4v) is 1.97. The average molecular weight is 265 g/mol. The zero-order valence-electron chi connectivity index (χ0n) is 11.3. The van der Waals surface area contributed by atoms with Gasteiger partial charge in [0.2, 0.25) is 0 Å². The van der Waals surface area contributed by atoms with Crippen LogP contribution in [-0.2, 0) is 16.1 Å². The van der Waals surface area contributed by atoms with Crippen molar-refractivity contribution in [2.75, 3.05) is 20.3 Å². The van der Waals surface area contributed by atoms with E-state index >= 15 is 0 Å². The molecule has 1 N–H and O–H groups in total. The fourth-order valence-electron chi connectivity index (χ4n) is 1.97. The van der Waals surface area contributed by atoms with Gasteiger partial charge in [0, 0.05) is 13.0 Å². The minimum Gasteiger partial charge on any atom is -0.490 e. The molecule has 1 heterocycles. The summed E-state index contributed by atoms with van der Waals surface area (Å²) >= 11 is 0. The lowest BCUT2D eigenvalue weighted by molar-refractivity contribution is -0.143. The van der Waals surface area contributed by atoms with E-state index in [1.54, 1.807) is 0 Å². The Morgan fingerprint density at radius 2 is 2.26 bits per heavy atom. The third-order valence-electron chi connectivity index (χ3n) is 2.85. The SMILES string of the molecule is CCOc1cc(CNC)ccc1OC1CCOC1=O. The van der Waals surface area contributed by atoms with Crippen molar-refractivity contribution in [3.8, 4) is 11.5 Å². The van der Waals surface area contributed by atoms with E-state index in [1.807, 2.05) is 32.2 Å². The normalized spacial score (nSPS) is 18.2. The van der Waals surface area contributed by atoms with E-state index in [-0.39, 0.29) is 5.97 Å². The van der Waals surface area contributed by atoms with Gasteiger partial charge in [0.05, 0.1) is 13.2 Å². The quantitative estimate of drug-likeness (QED) is 0.790. The van der Waals surface area contributed by atoms with Crippen LogP contribution in [0.25, 0.3) is 0 Å². The van der Waals surface area contributed by atoms with E-state index in [2.05, 4.69) is 5.32 Å². The number of benzene rings is 1. The van der Waals surface area contributed by atoms with Crippen LogP contribution < -0.4 is 14.8 Å². The molecule has 5 nitrogen and oxygen atoms in total. The monoisotopic (exact) mass is 265 g/mol. The van der Waals surface area contributed by atoms with Crippen molar-refractivity contribution in [1.82, 2.24) is 5.32 Å². The highest BCUT2D eigenvalue weighted by molar-refractivity contribution is 5.77. The maximum atomic E-state index is 11.4. The lowest BCUT2D eigenvalue weighted by Crippen LogP contribution is -2.22. The van der Waals surface area contributed by atoms with Crippen molar-refractivity contribution in [3.63, 3.8) is 0 Å². The zero-order chi connectivity index (χ0) is 13.7. The molecule has 1 aliphatic rings. The topological polar surface area (TPSA) is 56.8 Å². The number of nitrogens with one attached hydrogen (secondary N) is 1. The van der Waals surface area contributed by atoms with E-state index in [1.165, 1.54) is 0 Å². The molecule has 1 saturated heterocycles. The average Bonchev–Trinajstić information content (AvgIpc) is 2.79. The van der Waals surface area contributed by atoms with Crippen LogP contribution in [0.1, 0.15) is 18.9 Å². The molecule has 104 valence electrons. The lowest BCUT2D eigenvalue weighted by atomic mass is 10.2. The molecule has 5 heteroatoms. The molecule has 0 amide bonds. The summed E-state index contributed by atoms with van der Waals surface area (Å²) in [4.78, 5) is 11.4. The Morgan fingerprint density at radius 3 is 2.89 bits per heavy atom. The van der Waals surface area contributed by atoms with Crippen molar-refractivity contribution < 1.29 is 19.0 Å². The number of esters is 1. The Labute approximate surface area is 112 Å². The molecule has 0 bridgehead atoms. The van der Waals surface area contributed by atoms with Crippen LogP contribution in [0.5, 0.6) is 11.5 Å². The summed E-state index contributed by atoms with van der Waals surface area (Å²) in [5, 5.41) is 3.08. The molecule has 19 heavy (non-hydrogen) atoms. The van der Waals surface area contributed by atoms with Gasteiger partial charge in [-0.05, 0) is 31.7 Å². The molecule has 0 aromatic heterocycles. The lowest BCUT2D eigenvalue weighted by Gasteiger charge is -2.15. The number of rotatable bonds is 6. The minimum atomic E-state index is -0.519. The number of ether oxygens (including phenoxy) is 3. The summed E-state index contributed by atoms with van der Waals surface area (Å²) in [7, 11) is 1.89. The number of carbonyl (C=O) groups is 1. The third-order valence-corrected chi connectivity index (χ3v) is 2.85. The Morgan fingerprint density at radius 1 is 1.42 bits per heavy atom. The van der Waals surface area contributed by atoms with Gasteiger partial charge in [-0.15, -0.1) is 0 Å². The van der Waals surface area contributed by atoms with Gasteiger partial charge in [-0.3, -0.25) is 0 Å². The van der Waals surface area contributed by atoms with E-state index < -0.39 is 6.10 Å². The second-order valence-corrected chi connectivity index (χ2v) is 4.31. The van der Waals surface area contributed by atoms with Crippen LogP contribution in [0.3, 0.4) is 0 Å². The van der Waals surface area contributed by atoms with Crippen LogP contribution in [0, 0.1) is 0 Å². The van der Waals surface area contributed by atoms with E-state index in [4.69, 9.17) is 14.2 Å². The molecule has 1 aliphatic heterocycles. The summed E-state index contributed by atoms with van der Waals surface area (Å²) in [6, 6.07) is 5.72. The molecule has 0 aliphatic carbocycles. The maximum Gasteiger partial charge on any atom is 0.347 e. The van der Waals surface area contributed by atoms with Crippen molar-refractivity contribution in [1.29, 1.82) is 0 Å². The largest absolute Gasteiger partial charge is 0.490 e. The Bertz CT molecular complexity index is 447. The molecule has 1 atom stereocenters. The van der Waals surface area contributed by atoms with Gasteiger partial charge < -0.3 is 19.5 Å². The zero-order valence-corrected chi connectivity index (χ0v) is 11.3. The highest BCUT2D eigenvalue weighted by Crippen LogP contribution is 2.30. The van der Waals surface area contributed by atoms with Crippen LogP contribution in [0.4, 0.5) is 0 Å². The Hall–Kier alpha value is -1.75. The summed E-state index contributed by atoms with van der Waals surface area (Å²) in [5.74, 6) is 0.947. The smallest absolute Gasteiger partial charge is 0.347 e. The van der Waals surface area contributed by atoms with Crippen LogP contribution in [0.15, 0.2) is 18.2 Å². The van der Waals surface area contributed by atoms with Crippen molar-refractivity contribution in [2.45, 2.75) is 26.0 Å². The number of cyclic esters (lactones) is 1. The number of carbonyl (C=O) groups excluding carboxylic acids is 1. The fraction of sp³-hybridized carbons (Fsp3) is 0.500. The van der Waals surface area contributed by atoms with Gasteiger partial charge in [0.25, 0.3) is 0 Å². The van der Waals surface area contributed by atoms with Crippen LogP contribution in [0.2, 0.25) is 0 Å². The molecule has 1 aromatic carbocycles. The number of hydrogen-bond donors (Lipinski definition) is 1. The van der Waals surface area contributed by atoms with E-state index in [0.29, 0.717) is 31.1 Å². The summed E-state index contributed by atoms with van der Waals surface area (Å²) in [6.07, 6.45) is 0.0669. The van der Waals surface area contributed by atoms with Gasteiger partial charge in [-0.25, -0.2) is 4.79 Å². The van der Waals surface area contributed by atoms with Crippen molar-refractivity contribution in [2.24, 2.45) is 0 Å². The molecule has 2 rings (SSSR count). The van der Waals surface area contributed by atoms with Crippen LogP contribution in [-0.4, -0.2) is 32.3 Å². The van der Waals surface area contributed by atoms with Gasteiger partial charge in [-0.1, -0.05) is 6.07 Å². The first kappa shape index (κ1) is 13.7. The van der Waals surface area contributed by atoms with Gasteiger partial charge in [-0.2, -0.15) is 0 Å². The molecule has 0 spiro atoms. The molecule has 0 radical (unpaired) electrons. The Kier molecular flexibility index (Phi) is 4.63. The first-order valence-corrected chi connectivity index (χ1v) is 6.48. The minimum absolute atomic E-state index is 0.304. The third kappa shape index (κ3) is 3.38. The molecule has 1 unspecified atom stereocenters. The first-order valence-electron chi connectivity index (χ1n) is 6.48. The molecular weight excluding hydrogens is 246 g/mol. The second kappa shape index (κ2) is 6.43. The first-order chi connectivity index (χ1) is 9.24. The molecule has 1 aromatic rings. The summed E-state index contributed by atoms with van der Waals surface area (Å²) in [6.45, 7) is 3.64. The van der Waals surface area contributed by atoms with E-state index in [0.717, 1.165) is 12.1 Å². The predicted octanol–water partition coefficient (Wildman–Crippen LogP) is 1.50. The molecule has 0 saturated carbocycles. The highest BCUT2D eigenvalue weighted by Gasteiger charge is 2.29.